The smallest absolute Gasteiger partial charge is 0.248 e. The fourth-order valence-corrected chi connectivity index (χ4v) is 2.33. The third-order valence-corrected chi connectivity index (χ3v) is 3.57. The van der Waals surface area contributed by atoms with Crippen molar-refractivity contribution in [1.29, 1.82) is 0 Å². The van der Waals surface area contributed by atoms with E-state index in [1.807, 2.05) is 56.3 Å². The lowest BCUT2D eigenvalue weighted by Crippen LogP contribution is -2.11. The van der Waals surface area contributed by atoms with Gasteiger partial charge in [-0.05, 0) is 43.7 Å². The topological polar surface area (TPSA) is 56.8 Å². The number of nitrogens with one attached hydrogen (secondary N) is 1. The zero-order chi connectivity index (χ0) is 18.8. The Hall–Kier alpha value is -2.79. The van der Waals surface area contributed by atoms with Crippen LogP contribution >= 0.6 is 0 Å². The summed E-state index contributed by atoms with van der Waals surface area (Å²) in [5.74, 6) is 1.13. The molecule has 5 nitrogen and oxygen atoms in total. The number of methoxy groups -OCH3 is 1. The normalized spacial score (nSPS) is 10.7. The van der Waals surface area contributed by atoms with E-state index in [2.05, 4.69) is 5.32 Å². The molecule has 0 aliphatic heterocycles. The van der Waals surface area contributed by atoms with Gasteiger partial charge in [-0.15, -0.1) is 0 Å². The Balaban J connectivity index is 2.08. The summed E-state index contributed by atoms with van der Waals surface area (Å²) in [4.78, 5) is 12.3. The van der Waals surface area contributed by atoms with Crippen LogP contribution in [-0.4, -0.2) is 32.8 Å². The van der Waals surface area contributed by atoms with E-state index in [-0.39, 0.29) is 5.91 Å². The summed E-state index contributed by atoms with van der Waals surface area (Å²) in [5, 5.41) is 2.85. The van der Waals surface area contributed by atoms with Gasteiger partial charge < -0.3 is 19.5 Å². The highest BCUT2D eigenvalue weighted by Crippen LogP contribution is 2.26. The Morgan fingerprint density at radius 2 is 1.88 bits per heavy atom. The van der Waals surface area contributed by atoms with E-state index in [9.17, 15) is 4.79 Å². The molecule has 5 heteroatoms. The van der Waals surface area contributed by atoms with Crippen LogP contribution in [0, 0.1) is 6.92 Å². The molecule has 0 saturated heterocycles. The number of hydrogen-bond acceptors (Lipinski definition) is 4. The molecule has 0 aromatic heterocycles. The summed E-state index contributed by atoms with van der Waals surface area (Å²) < 4.78 is 16.2. The van der Waals surface area contributed by atoms with Gasteiger partial charge in [0.1, 0.15) is 18.1 Å². The maximum absolute atomic E-state index is 12.3. The summed E-state index contributed by atoms with van der Waals surface area (Å²) in [7, 11) is 1.62. The number of anilines is 1. The van der Waals surface area contributed by atoms with Gasteiger partial charge in [0.2, 0.25) is 5.91 Å². The van der Waals surface area contributed by atoms with E-state index in [1.54, 1.807) is 13.2 Å². The second-order valence-electron chi connectivity index (χ2n) is 5.63. The standard InChI is InChI=1S/C21H25NO4/c1-4-25-19-8-6-5-7-17(19)10-12-21(23)22-18-11-9-16(2)15-20(18)26-14-13-24-3/h5-12,15H,4,13-14H2,1-3H3,(H,22,23)/b12-10+. The van der Waals surface area contributed by atoms with Crippen molar-refractivity contribution in [3.63, 3.8) is 0 Å². The van der Waals surface area contributed by atoms with Gasteiger partial charge in [0.05, 0.1) is 18.9 Å². The molecule has 0 radical (unpaired) electrons. The molecule has 2 aromatic rings. The number of ether oxygens (including phenoxy) is 3. The summed E-state index contributed by atoms with van der Waals surface area (Å²) in [5.41, 5.74) is 2.53. The van der Waals surface area contributed by atoms with Gasteiger partial charge in [-0.3, -0.25) is 4.79 Å². The molecule has 2 aromatic carbocycles. The van der Waals surface area contributed by atoms with Crippen molar-refractivity contribution in [2.24, 2.45) is 0 Å². The molecule has 2 rings (SSSR count). The molecule has 0 fully saturated rings. The van der Waals surface area contributed by atoms with Crippen molar-refractivity contribution in [2.75, 3.05) is 32.2 Å². The summed E-state index contributed by atoms with van der Waals surface area (Å²) >= 11 is 0. The first-order valence-corrected chi connectivity index (χ1v) is 8.57. The number of amides is 1. The second kappa shape index (κ2) is 10.3. The number of hydrogen-bond donors (Lipinski definition) is 1. The van der Waals surface area contributed by atoms with E-state index >= 15 is 0 Å². The first kappa shape index (κ1) is 19.5. The molecule has 0 heterocycles. The number of aryl methyl sites for hydroxylation is 1. The number of carbonyl (C=O) groups excluding carboxylic acids is 1. The highest BCUT2D eigenvalue weighted by atomic mass is 16.5. The van der Waals surface area contributed by atoms with E-state index in [1.165, 1.54) is 6.08 Å². The molecule has 0 spiro atoms. The van der Waals surface area contributed by atoms with Crippen molar-refractivity contribution in [3.8, 4) is 11.5 Å². The third kappa shape index (κ3) is 5.93. The van der Waals surface area contributed by atoms with Crippen LogP contribution in [0.5, 0.6) is 11.5 Å². The zero-order valence-electron chi connectivity index (χ0n) is 15.5. The largest absolute Gasteiger partial charge is 0.493 e. The van der Waals surface area contributed by atoms with Crippen molar-refractivity contribution < 1.29 is 19.0 Å². The number of rotatable bonds is 9. The van der Waals surface area contributed by atoms with Crippen LogP contribution in [0.3, 0.4) is 0 Å². The fraction of sp³-hybridized carbons (Fsp3) is 0.286. The lowest BCUT2D eigenvalue weighted by atomic mass is 10.2. The quantitative estimate of drug-likeness (QED) is 0.544. The Morgan fingerprint density at radius 1 is 1.08 bits per heavy atom. The van der Waals surface area contributed by atoms with Gasteiger partial charge in [-0.2, -0.15) is 0 Å². The maximum atomic E-state index is 12.3. The minimum Gasteiger partial charge on any atom is -0.493 e. The van der Waals surface area contributed by atoms with Crippen molar-refractivity contribution in [3.05, 3.63) is 59.7 Å². The molecule has 0 saturated carbocycles. The molecular formula is C21H25NO4. The van der Waals surface area contributed by atoms with Crippen LogP contribution in [0.4, 0.5) is 5.69 Å². The SMILES string of the molecule is CCOc1ccccc1/C=C/C(=O)Nc1ccc(C)cc1OCCOC. The molecular weight excluding hydrogens is 330 g/mol. The molecule has 0 aliphatic rings. The second-order valence-corrected chi connectivity index (χ2v) is 5.63. The lowest BCUT2D eigenvalue weighted by molar-refractivity contribution is -0.111. The Bertz CT molecular complexity index is 755. The van der Waals surface area contributed by atoms with Gasteiger partial charge >= 0.3 is 0 Å². The first-order valence-electron chi connectivity index (χ1n) is 8.57. The highest BCUT2D eigenvalue weighted by molar-refractivity contribution is 6.03. The first-order chi connectivity index (χ1) is 12.6. The van der Waals surface area contributed by atoms with Crippen molar-refractivity contribution in [1.82, 2.24) is 0 Å². The average molecular weight is 355 g/mol. The number of para-hydroxylation sites is 1. The number of carbonyl (C=O) groups is 1. The van der Waals surface area contributed by atoms with Crippen LogP contribution in [0.15, 0.2) is 48.5 Å². The van der Waals surface area contributed by atoms with Crippen LogP contribution in [0.1, 0.15) is 18.1 Å². The van der Waals surface area contributed by atoms with E-state index in [4.69, 9.17) is 14.2 Å². The van der Waals surface area contributed by atoms with Gasteiger partial charge in [0.25, 0.3) is 0 Å². The molecule has 0 unspecified atom stereocenters. The fourth-order valence-electron chi connectivity index (χ4n) is 2.33. The van der Waals surface area contributed by atoms with E-state index in [0.29, 0.717) is 31.3 Å². The zero-order valence-corrected chi connectivity index (χ0v) is 15.5. The van der Waals surface area contributed by atoms with Crippen molar-refractivity contribution in [2.45, 2.75) is 13.8 Å². The molecule has 138 valence electrons. The molecule has 1 N–H and O–H groups in total. The minimum absolute atomic E-state index is 0.239. The van der Waals surface area contributed by atoms with Gasteiger partial charge in [0.15, 0.2) is 0 Å². The molecule has 1 amide bonds. The Kier molecular flexibility index (Phi) is 7.71. The number of benzene rings is 2. The summed E-state index contributed by atoms with van der Waals surface area (Å²) in [6.45, 7) is 5.37. The van der Waals surface area contributed by atoms with Crippen molar-refractivity contribution >= 4 is 17.7 Å². The third-order valence-electron chi connectivity index (χ3n) is 3.57. The van der Waals surface area contributed by atoms with Gasteiger partial charge in [-0.1, -0.05) is 24.3 Å². The summed E-state index contributed by atoms with van der Waals surface area (Å²) in [6, 6.07) is 13.2. The Morgan fingerprint density at radius 3 is 2.65 bits per heavy atom. The molecule has 0 aliphatic carbocycles. The van der Waals surface area contributed by atoms with Crippen LogP contribution in [0.25, 0.3) is 6.08 Å². The van der Waals surface area contributed by atoms with Gasteiger partial charge in [0, 0.05) is 18.7 Å². The van der Waals surface area contributed by atoms with E-state index in [0.717, 1.165) is 16.9 Å². The predicted molar refractivity (Wildman–Crippen MR) is 104 cm³/mol. The van der Waals surface area contributed by atoms with Crippen LogP contribution < -0.4 is 14.8 Å². The lowest BCUT2D eigenvalue weighted by Gasteiger charge is -2.12. The monoisotopic (exact) mass is 355 g/mol. The Labute approximate surface area is 154 Å². The van der Waals surface area contributed by atoms with Crippen LogP contribution in [0.2, 0.25) is 0 Å². The minimum atomic E-state index is -0.239. The molecule has 26 heavy (non-hydrogen) atoms. The molecule has 0 bridgehead atoms. The molecule has 0 atom stereocenters. The maximum Gasteiger partial charge on any atom is 0.248 e. The highest BCUT2D eigenvalue weighted by Gasteiger charge is 2.07. The van der Waals surface area contributed by atoms with Crippen LogP contribution in [-0.2, 0) is 9.53 Å². The van der Waals surface area contributed by atoms with Gasteiger partial charge in [-0.25, -0.2) is 0 Å². The average Bonchev–Trinajstić information content (AvgIpc) is 2.63. The van der Waals surface area contributed by atoms with E-state index < -0.39 is 0 Å². The summed E-state index contributed by atoms with van der Waals surface area (Å²) in [6.07, 6.45) is 3.22. The predicted octanol–water partition coefficient (Wildman–Crippen LogP) is 4.07.